The minimum Gasteiger partial charge on any atom is -0.285 e. The summed E-state index contributed by atoms with van der Waals surface area (Å²) in [6.45, 7) is 10.9. The molecule has 0 bridgehead atoms. The molecule has 0 saturated heterocycles. The van der Waals surface area contributed by atoms with Crippen molar-refractivity contribution in [1.82, 2.24) is 0 Å². The third kappa shape index (κ3) is 3.22. The first-order chi connectivity index (χ1) is 6.80. The highest BCUT2D eigenvalue weighted by Gasteiger charge is 2.21. The molecular weight excluding hydrogens is 186 g/mol. The van der Waals surface area contributed by atoms with Crippen LogP contribution in [-0.4, -0.2) is 5.21 Å². The number of hydrogen-bond donors (Lipinski definition) is 1. The second-order valence-electron chi connectivity index (χ2n) is 5.49. The van der Waals surface area contributed by atoms with E-state index in [4.69, 9.17) is 0 Å². The molecule has 0 aromatic carbocycles. The highest BCUT2D eigenvalue weighted by atomic mass is 16.5. The summed E-state index contributed by atoms with van der Waals surface area (Å²) in [6.07, 6.45) is 2.81. The van der Waals surface area contributed by atoms with Crippen LogP contribution >= 0.6 is 0 Å². The van der Waals surface area contributed by atoms with Gasteiger partial charge in [-0.25, -0.2) is 0 Å². The van der Waals surface area contributed by atoms with E-state index in [1.54, 1.807) is 6.20 Å². The molecule has 0 spiro atoms. The van der Waals surface area contributed by atoms with Crippen LogP contribution in [0.4, 0.5) is 0 Å². The third-order valence-corrected chi connectivity index (χ3v) is 3.21. The summed E-state index contributed by atoms with van der Waals surface area (Å²) in [5.41, 5.74) is 2.36. The molecule has 1 heterocycles. The monoisotopic (exact) mass is 208 g/mol. The fraction of sp³-hybridized carbons (Fsp3) is 0.615. The normalized spacial score (nSPS) is 13.9. The van der Waals surface area contributed by atoms with Crippen LogP contribution in [0.25, 0.3) is 0 Å². The predicted octanol–water partition coefficient (Wildman–Crippen LogP) is 2.74. The summed E-state index contributed by atoms with van der Waals surface area (Å²) in [5, 5.41) is 9.53. The van der Waals surface area contributed by atoms with E-state index in [-0.39, 0.29) is 0 Å². The minimum atomic E-state index is 0.311. The van der Waals surface area contributed by atoms with Crippen LogP contribution in [0.1, 0.15) is 39.0 Å². The van der Waals surface area contributed by atoms with Crippen molar-refractivity contribution in [3.05, 3.63) is 29.6 Å². The number of nitrogens with zero attached hydrogens (tertiary/aromatic N) is 1. The van der Waals surface area contributed by atoms with E-state index in [1.807, 2.05) is 13.0 Å². The number of aromatic nitrogens is 1. The molecule has 0 aliphatic rings. The zero-order valence-electron chi connectivity index (χ0n) is 10.4. The summed E-state index contributed by atoms with van der Waals surface area (Å²) in [5.74, 6) is 0.597. The van der Waals surface area contributed by atoms with Crippen molar-refractivity contribution in [2.75, 3.05) is 0 Å². The van der Waals surface area contributed by atoms with Crippen molar-refractivity contribution >= 4 is 0 Å². The zero-order chi connectivity index (χ0) is 11.6. The molecule has 1 atom stereocenters. The molecule has 84 valence electrons. The molecule has 1 aromatic rings. The molecule has 0 radical (unpaired) electrons. The fourth-order valence-corrected chi connectivity index (χ4v) is 1.39. The molecular formula is C13H22NO+. The first kappa shape index (κ1) is 12.0. The first-order valence-electron chi connectivity index (χ1n) is 5.51. The highest BCUT2D eigenvalue weighted by Crippen LogP contribution is 2.28. The van der Waals surface area contributed by atoms with Crippen LogP contribution < -0.4 is 4.73 Å². The van der Waals surface area contributed by atoms with Gasteiger partial charge in [0.15, 0.2) is 0 Å². The van der Waals surface area contributed by atoms with E-state index >= 15 is 0 Å². The molecule has 0 aliphatic heterocycles. The van der Waals surface area contributed by atoms with Crippen LogP contribution in [0.2, 0.25) is 0 Å². The van der Waals surface area contributed by atoms with Crippen molar-refractivity contribution < 1.29 is 9.94 Å². The maximum Gasteiger partial charge on any atom is 0.231 e. The zero-order valence-corrected chi connectivity index (χ0v) is 10.4. The van der Waals surface area contributed by atoms with Gasteiger partial charge in [0.1, 0.15) is 0 Å². The van der Waals surface area contributed by atoms with Gasteiger partial charge in [-0.15, -0.1) is 0 Å². The van der Waals surface area contributed by atoms with E-state index in [0.29, 0.717) is 11.3 Å². The Bertz CT molecular complexity index is 339. The van der Waals surface area contributed by atoms with Gasteiger partial charge in [0.2, 0.25) is 11.9 Å². The fourth-order valence-electron chi connectivity index (χ4n) is 1.39. The maximum atomic E-state index is 9.53. The van der Waals surface area contributed by atoms with Gasteiger partial charge in [0.25, 0.3) is 0 Å². The van der Waals surface area contributed by atoms with Gasteiger partial charge < -0.3 is 0 Å². The van der Waals surface area contributed by atoms with Gasteiger partial charge in [-0.1, -0.05) is 27.7 Å². The Kier molecular flexibility index (Phi) is 3.38. The molecule has 2 heteroatoms. The predicted molar refractivity (Wildman–Crippen MR) is 60.9 cm³/mol. The number of rotatable bonds is 2. The molecule has 1 unspecified atom stereocenters. The van der Waals surface area contributed by atoms with E-state index in [2.05, 4.69) is 33.8 Å². The third-order valence-electron chi connectivity index (χ3n) is 3.21. The summed E-state index contributed by atoms with van der Waals surface area (Å²) in [4.78, 5) is 0. The van der Waals surface area contributed by atoms with Crippen LogP contribution in [0.15, 0.2) is 18.3 Å². The van der Waals surface area contributed by atoms with Gasteiger partial charge >= 0.3 is 0 Å². The van der Waals surface area contributed by atoms with E-state index < -0.39 is 0 Å². The minimum absolute atomic E-state index is 0.311. The van der Waals surface area contributed by atoms with Crippen molar-refractivity contribution in [1.29, 1.82) is 0 Å². The Balaban J connectivity index is 2.78. The van der Waals surface area contributed by atoms with E-state index in [1.165, 1.54) is 10.3 Å². The van der Waals surface area contributed by atoms with Crippen molar-refractivity contribution in [2.45, 2.75) is 41.0 Å². The van der Waals surface area contributed by atoms with Crippen LogP contribution in [0, 0.1) is 18.3 Å². The van der Waals surface area contributed by atoms with Crippen molar-refractivity contribution in [2.24, 2.45) is 11.3 Å². The Hall–Kier alpha value is -1.05. The topological polar surface area (TPSA) is 24.1 Å². The molecule has 0 saturated carbocycles. The number of aryl methyl sites for hydroxylation is 1. The lowest BCUT2D eigenvalue weighted by atomic mass is 9.79. The van der Waals surface area contributed by atoms with E-state index in [9.17, 15) is 5.21 Å². The van der Waals surface area contributed by atoms with Gasteiger partial charge in [-0.2, -0.15) is 0 Å². The SMILES string of the molecule is Cc1ccc(CC(C)C(C)(C)C)c[n+]1O. The molecule has 1 rings (SSSR count). The van der Waals surface area contributed by atoms with E-state index in [0.717, 1.165) is 12.1 Å². The Morgan fingerprint density at radius 2 is 1.93 bits per heavy atom. The average Bonchev–Trinajstić information content (AvgIpc) is 2.10. The van der Waals surface area contributed by atoms with Crippen molar-refractivity contribution in [3.63, 3.8) is 0 Å². The quantitative estimate of drug-likeness (QED) is 0.586. The lowest BCUT2D eigenvalue weighted by molar-refractivity contribution is -0.909. The molecule has 15 heavy (non-hydrogen) atoms. The van der Waals surface area contributed by atoms with Crippen LogP contribution in [-0.2, 0) is 6.42 Å². The smallest absolute Gasteiger partial charge is 0.231 e. The second-order valence-corrected chi connectivity index (χ2v) is 5.49. The second kappa shape index (κ2) is 4.21. The van der Waals surface area contributed by atoms with Crippen LogP contribution in [0.5, 0.6) is 0 Å². The number of pyridine rings is 1. The highest BCUT2D eigenvalue weighted by molar-refractivity contribution is 5.09. The van der Waals surface area contributed by atoms with Gasteiger partial charge in [-0.05, 0) is 23.8 Å². The molecule has 1 N–H and O–H groups in total. The summed E-state index contributed by atoms with van der Waals surface area (Å²) in [7, 11) is 0. The summed E-state index contributed by atoms with van der Waals surface area (Å²) < 4.78 is 1.20. The Labute approximate surface area is 92.5 Å². The molecule has 0 amide bonds. The summed E-state index contributed by atoms with van der Waals surface area (Å²) in [6, 6.07) is 4.04. The van der Waals surface area contributed by atoms with Crippen LogP contribution in [0.3, 0.4) is 0 Å². The number of hydrogen-bond acceptors (Lipinski definition) is 1. The lowest BCUT2D eigenvalue weighted by Gasteiger charge is -2.26. The molecule has 2 nitrogen and oxygen atoms in total. The molecule has 0 fully saturated rings. The van der Waals surface area contributed by atoms with Gasteiger partial charge in [0, 0.05) is 23.3 Å². The standard InChI is InChI=1S/C13H22NO/c1-10(13(3,4)5)8-12-7-6-11(2)14(15)9-12/h6-7,9-10,15H,8H2,1-5H3/q+1. The van der Waals surface area contributed by atoms with Crippen molar-refractivity contribution in [3.8, 4) is 0 Å². The van der Waals surface area contributed by atoms with Gasteiger partial charge in [0.05, 0.1) is 0 Å². The average molecular weight is 208 g/mol. The largest absolute Gasteiger partial charge is 0.285 e. The maximum absolute atomic E-state index is 9.53. The Morgan fingerprint density at radius 1 is 1.33 bits per heavy atom. The lowest BCUT2D eigenvalue weighted by Crippen LogP contribution is -2.34. The Morgan fingerprint density at radius 3 is 2.40 bits per heavy atom. The van der Waals surface area contributed by atoms with Gasteiger partial charge in [-0.3, -0.25) is 5.21 Å². The molecule has 1 aromatic heterocycles. The molecule has 0 aliphatic carbocycles. The first-order valence-corrected chi connectivity index (χ1v) is 5.51. The summed E-state index contributed by atoms with van der Waals surface area (Å²) >= 11 is 0.